The van der Waals surface area contributed by atoms with Crippen molar-refractivity contribution in [2.45, 2.75) is 13.0 Å². The molecule has 0 unspecified atom stereocenters. The van der Waals surface area contributed by atoms with E-state index in [1.165, 1.54) is 0 Å². The first-order chi connectivity index (χ1) is 5.24. The zero-order valence-electron chi connectivity index (χ0n) is 6.41. The second-order valence-electron chi connectivity index (χ2n) is 2.48. The summed E-state index contributed by atoms with van der Waals surface area (Å²) in [4.78, 5) is 0. The minimum atomic E-state index is -0.769. The number of rotatable bonds is 1. The molecular weight excluding hydrogens is 136 g/mol. The van der Waals surface area contributed by atoms with E-state index >= 15 is 0 Å². The van der Waals surface area contributed by atoms with Crippen LogP contribution in [0.2, 0.25) is 0 Å². The van der Waals surface area contributed by atoms with Gasteiger partial charge >= 0.3 is 0 Å². The van der Waals surface area contributed by atoms with Gasteiger partial charge in [0.05, 0.1) is 0 Å². The fraction of sp³-hybridized carbons (Fsp3) is 0.200. The first kappa shape index (κ1) is 7.84. The third-order valence-corrected chi connectivity index (χ3v) is 1.52. The van der Waals surface area contributed by atoms with Gasteiger partial charge in [0.2, 0.25) is 0 Å². The van der Waals surface area contributed by atoms with Gasteiger partial charge in [-0.3, -0.25) is 0 Å². The molecule has 1 aromatic carbocycles. The van der Waals surface area contributed by atoms with Crippen molar-refractivity contribution >= 4 is 0 Å². The Kier molecular flexibility index (Phi) is 2.30. The van der Waals surface area contributed by atoms with Crippen LogP contribution in [0.5, 0.6) is 0 Å². The Morgan fingerprint density at radius 2 is 2.27 bits per heavy atom. The van der Waals surface area contributed by atoms with Gasteiger partial charge < -0.3 is 5.11 Å². The first-order valence-electron chi connectivity index (χ1n) is 3.45. The van der Waals surface area contributed by atoms with E-state index in [1.54, 1.807) is 0 Å². The van der Waals surface area contributed by atoms with Gasteiger partial charge in [0.1, 0.15) is 6.10 Å². The van der Waals surface area contributed by atoms with Crippen LogP contribution < -0.4 is 0 Å². The molecule has 0 aromatic heterocycles. The molecule has 1 rings (SSSR count). The third kappa shape index (κ3) is 1.83. The molecule has 1 aromatic rings. The molecule has 0 aliphatic heterocycles. The van der Waals surface area contributed by atoms with Crippen LogP contribution in [0, 0.1) is 19.3 Å². The molecule has 0 spiro atoms. The predicted octanol–water partition coefficient (Wildman–Crippen LogP) is 1.66. The van der Waals surface area contributed by atoms with Crippen molar-refractivity contribution in [3.63, 3.8) is 0 Å². The van der Waals surface area contributed by atoms with E-state index in [-0.39, 0.29) is 0 Å². The Morgan fingerprint density at radius 1 is 1.55 bits per heavy atom. The van der Waals surface area contributed by atoms with Crippen LogP contribution in [-0.2, 0) is 0 Å². The van der Waals surface area contributed by atoms with Crippen LogP contribution in [0.25, 0.3) is 0 Å². The van der Waals surface area contributed by atoms with Crippen LogP contribution >= 0.6 is 0 Å². The van der Waals surface area contributed by atoms with Gasteiger partial charge in [-0.1, -0.05) is 35.7 Å². The van der Waals surface area contributed by atoms with E-state index in [2.05, 4.69) is 5.92 Å². The average Bonchev–Trinajstić information content (AvgIpc) is 2.03. The molecule has 0 amide bonds. The second-order valence-corrected chi connectivity index (χ2v) is 2.48. The average molecular weight is 146 g/mol. The molecule has 0 aliphatic rings. The molecule has 11 heavy (non-hydrogen) atoms. The molecule has 56 valence electrons. The van der Waals surface area contributed by atoms with Crippen LogP contribution in [0.4, 0.5) is 0 Å². The largest absolute Gasteiger partial charge is 0.376 e. The molecule has 0 saturated carbocycles. The summed E-state index contributed by atoms with van der Waals surface area (Å²) >= 11 is 0. The fourth-order valence-electron chi connectivity index (χ4n) is 0.936. The maximum atomic E-state index is 9.22. The Bertz CT molecular complexity index is 283. The predicted molar refractivity (Wildman–Crippen MR) is 45.0 cm³/mol. The molecule has 0 saturated heterocycles. The Balaban J connectivity index is 2.98. The van der Waals surface area contributed by atoms with Crippen molar-refractivity contribution < 1.29 is 5.11 Å². The number of hydrogen-bond acceptors (Lipinski definition) is 1. The molecule has 0 radical (unpaired) electrons. The van der Waals surface area contributed by atoms with Crippen molar-refractivity contribution in [1.29, 1.82) is 0 Å². The number of aliphatic hydroxyl groups is 1. The summed E-state index contributed by atoms with van der Waals surface area (Å²) in [5, 5.41) is 9.22. The van der Waals surface area contributed by atoms with Crippen LogP contribution in [0.15, 0.2) is 24.3 Å². The molecule has 0 heterocycles. The lowest BCUT2D eigenvalue weighted by atomic mass is 10.1. The van der Waals surface area contributed by atoms with Crippen molar-refractivity contribution in [1.82, 2.24) is 0 Å². The SMILES string of the molecule is C#C[C@H](O)c1cccc(C)c1. The molecular formula is C10H10O. The zero-order chi connectivity index (χ0) is 8.27. The van der Waals surface area contributed by atoms with Crippen molar-refractivity contribution in [3.8, 4) is 12.3 Å². The third-order valence-electron chi connectivity index (χ3n) is 1.52. The summed E-state index contributed by atoms with van der Waals surface area (Å²) in [6.07, 6.45) is 4.29. The normalized spacial score (nSPS) is 12.1. The Morgan fingerprint density at radius 3 is 2.82 bits per heavy atom. The highest BCUT2D eigenvalue weighted by atomic mass is 16.3. The molecule has 1 atom stereocenters. The molecule has 0 bridgehead atoms. The summed E-state index contributed by atoms with van der Waals surface area (Å²) in [7, 11) is 0. The maximum absolute atomic E-state index is 9.22. The molecule has 1 N–H and O–H groups in total. The zero-order valence-corrected chi connectivity index (χ0v) is 6.41. The van der Waals surface area contributed by atoms with Crippen LogP contribution in [-0.4, -0.2) is 5.11 Å². The minimum absolute atomic E-state index is 0.769. The lowest BCUT2D eigenvalue weighted by Gasteiger charge is -2.03. The van der Waals surface area contributed by atoms with E-state index < -0.39 is 6.10 Å². The number of aliphatic hydroxyl groups excluding tert-OH is 1. The topological polar surface area (TPSA) is 20.2 Å². The van der Waals surface area contributed by atoms with Crippen molar-refractivity contribution in [2.75, 3.05) is 0 Å². The Hall–Kier alpha value is -1.26. The first-order valence-corrected chi connectivity index (χ1v) is 3.45. The molecule has 0 aliphatic carbocycles. The van der Waals surface area contributed by atoms with E-state index in [0.29, 0.717) is 0 Å². The number of benzene rings is 1. The van der Waals surface area contributed by atoms with Gasteiger partial charge in [-0.05, 0) is 12.5 Å². The van der Waals surface area contributed by atoms with Gasteiger partial charge in [-0.25, -0.2) is 0 Å². The molecule has 1 heteroatoms. The molecule has 0 fully saturated rings. The van der Waals surface area contributed by atoms with Gasteiger partial charge in [-0.15, -0.1) is 6.42 Å². The van der Waals surface area contributed by atoms with E-state index in [0.717, 1.165) is 11.1 Å². The summed E-state index contributed by atoms with van der Waals surface area (Å²) in [5.74, 6) is 2.26. The monoisotopic (exact) mass is 146 g/mol. The quantitative estimate of drug-likeness (QED) is 0.597. The van der Waals surface area contributed by atoms with E-state index in [9.17, 15) is 5.11 Å². The number of terminal acetylenes is 1. The number of hydrogen-bond donors (Lipinski definition) is 1. The minimum Gasteiger partial charge on any atom is -0.376 e. The number of aryl methyl sites for hydroxylation is 1. The van der Waals surface area contributed by atoms with Gasteiger partial charge in [0, 0.05) is 0 Å². The van der Waals surface area contributed by atoms with Crippen molar-refractivity contribution in [2.24, 2.45) is 0 Å². The van der Waals surface area contributed by atoms with Gasteiger partial charge in [-0.2, -0.15) is 0 Å². The lowest BCUT2D eigenvalue weighted by Crippen LogP contribution is -1.92. The van der Waals surface area contributed by atoms with E-state index in [4.69, 9.17) is 6.42 Å². The summed E-state index contributed by atoms with van der Waals surface area (Å²) in [6.45, 7) is 1.97. The molecule has 1 nitrogen and oxygen atoms in total. The van der Waals surface area contributed by atoms with Gasteiger partial charge in [0.25, 0.3) is 0 Å². The summed E-state index contributed by atoms with van der Waals surface area (Å²) < 4.78 is 0. The van der Waals surface area contributed by atoms with Crippen LogP contribution in [0.3, 0.4) is 0 Å². The maximum Gasteiger partial charge on any atom is 0.139 e. The van der Waals surface area contributed by atoms with Crippen LogP contribution in [0.1, 0.15) is 17.2 Å². The van der Waals surface area contributed by atoms with Crippen molar-refractivity contribution in [3.05, 3.63) is 35.4 Å². The highest BCUT2D eigenvalue weighted by Crippen LogP contribution is 2.12. The fourth-order valence-corrected chi connectivity index (χ4v) is 0.936. The summed E-state index contributed by atoms with van der Waals surface area (Å²) in [6, 6.07) is 7.54. The Labute approximate surface area is 66.7 Å². The lowest BCUT2D eigenvalue weighted by molar-refractivity contribution is 0.238. The summed E-state index contributed by atoms with van der Waals surface area (Å²) in [5.41, 5.74) is 1.89. The second kappa shape index (κ2) is 3.23. The highest BCUT2D eigenvalue weighted by molar-refractivity contribution is 5.27. The van der Waals surface area contributed by atoms with E-state index in [1.807, 2.05) is 31.2 Å². The van der Waals surface area contributed by atoms with Gasteiger partial charge in [0.15, 0.2) is 0 Å². The smallest absolute Gasteiger partial charge is 0.139 e. The highest BCUT2D eigenvalue weighted by Gasteiger charge is 2.00. The standard InChI is InChI=1S/C10H10O/c1-3-10(11)9-6-4-5-8(2)7-9/h1,4-7,10-11H,2H3/t10-/m0/s1.